The number of benzene rings is 1. The Morgan fingerprint density at radius 3 is 2.27 bits per heavy atom. The highest BCUT2D eigenvalue weighted by Crippen LogP contribution is 2.26. The van der Waals surface area contributed by atoms with E-state index in [1.807, 2.05) is 58.0 Å². The van der Waals surface area contributed by atoms with Crippen LogP contribution < -0.4 is 5.32 Å². The first-order valence-electron chi connectivity index (χ1n) is 11.5. The lowest BCUT2D eigenvalue weighted by Crippen LogP contribution is -2.40. The summed E-state index contributed by atoms with van der Waals surface area (Å²) in [6.07, 6.45) is 1.05. The number of aromatic nitrogens is 2. The van der Waals surface area contributed by atoms with Gasteiger partial charge >= 0.3 is 0 Å². The number of anilines is 1. The molecule has 1 N–H and O–H groups in total. The predicted molar refractivity (Wildman–Crippen MR) is 133 cm³/mol. The number of carbonyl (C=O) groups excluding carboxylic acids is 2. The predicted octanol–water partition coefficient (Wildman–Crippen LogP) is 4.72. The Morgan fingerprint density at radius 1 is 1.09 bits per heavy atom. The number of carbonyl (C=O) groups is 2. The molecule has 7 nitrogen and oxygen atoms in total. The largest absolute Gasteiger partial charge is 0.385 e. The van der Waals surface area contributed by atoms with Crippen molar-refractivity contribution >= 4 is 17.6 Å². The van der Waals surface area contributed by atoms with Crippen molar-refractivity contribution in [1.29, 1.82) is 0 Å². The van der Waals surface area contributed by atoms with E-state index in [4.69, 9.17) is 9.84 Å². The summed E-state index contributed by atoms with van der Waals surface area (Å²) in [4.78, 5) is 27.6. The lowest BCUT2D eigenvalue weighted by atomic mass is 9.91. The molecule has 0 fully saturated rings. The van der Waals surface area contributed by atoms with Crippen LogP contribution in [0.25, 0.3) is 5.69 Å². The minimum atomic E-state index is -0.247. The molecule has 2 aromatic rings. The summed E-state index contributed by atoms with van der Waals surface area (Å²) in [5.74, 6) is 0.313. The summed E-state index contributed by atoms with van der Waals surface area (Å²) in [6, 6.07) is 9.90. The molecule has 0 unspecified atom stereocenters. The van der Waals surface area contributed by atoms with Gasteiger partial charge in [0, 0.05) is 38.2 Å². The maximum Gasteiger partial charge on any atom is 0.245 e. The van der Waals surface area contributed by atoms with Crippen molar-refractivity contribution in [3.05, 3.63) is 41.6 Å². The average Bonchev–Trinajstić information content (AvgIpc) is 3.10. The van der Waals surface area contributed by atoms with Crippen molar-refractivity contribution in [2.45, 2.75) is 66.7 Å². The summed E-state index contributed by atoms with van der Waals surface area (Å²) < 4.78 is 6.89. The Morgan fingerprint density at radius 2 is 1.73 bits per heavy atom. The van der Waals surface area contributed by atoms with Gasteiger partial charge in [-0.2, -0.15) is 5.10 Å². The van der Waals surface area contributed by atoms with Crippen LogP contribution in [-0.4, -0.2) is 53.3 Å². The molecule has 7 heteroatoms. The molecule has 2 amide bonds. The van der Waals surface area contributed by atoms with Crippen LogP contribution in [0.5, 0.6) is 0 Å². The van der Waals surface area contributed by atoms with Gasteiger partial charge in [-0.05, 0) is 30.9 Å². The van der Waals surface area contributed by atoms with E-state index >= 15 is 0 Å². The maximum absolute atomic E-state index is 13.0. The summed E-state index contributed by atoms with van der Waals surface area (Å²) in [5.41, 5.74) is 2.56. The van der Waals surface area contributed by atoms with Crippen molar-refractivity contribution in [2.75, 3.05) is 32.1 Å². The van der Waals surface area contributed by atoms with E-state index in [1.54, 1.807) is 16.7 Å². The van der Waals surface area contributed by atoms with E-state index < -0.39 is 0 Å². The van der Waals surface area contributed by atoms with Crippen molar-refractivity contribution in [3.63, 3.8) is 0 Å². The molecule has 1 aromatic heterocycles. The molecule has 0 saturated heterocycles. The highest BCUT2D eigenvalue weighted by molar-refractivity contribution is 5.94. The van der Waals surface area contributed by atoms with Gasteiger partial charge in [0.2, 0.25) is 11.8 Å². The average molecular weight is 457 g/mol. The second kappa shape index (κ2) is 11.0. The van der Waals surface area contributed by atoms with Gasteiger partial charge in [0.25, 0.3) is 0 Å². The number of amides is 2. The second-order valence-corrected chi connectivity index (χ2v) is 10.9. The topological polar surface area (TPSA) is 76.5 Å². The molecule has 1 heterocycles. The third-order valence-electron chi connectivity index (χ3n) is 5.17. The van der Waals surface area contributed by atoms with Gasteiger partial charge in [0.15, 0.2) is 0 Å². The quantitative estimate of drug-likeness (QED) is 0.554. The van der Waals surface area contributed by atoms with Gasteiger partial charge in [-0.3, -0.25) is 9.59 Å². The van der Waals surface area contributed by atoms with Gasteiger partial charge in [0.05, 0.1) is 17.9 Å². The highest BCUT2D eigenvalue weighted by Gasteiger charge is 2.25. The fourth-order valence-corrected chi connectivity index (χ4v) is 3.33. The summed E-state index contributed by atoms with van der Waals surface area (Å²) in [7, 11) is 1.63. The van der Waals surface area contributed by atoms with E-state index in [2.05, 4.69) is 26.1 Å². The number of methoxy groups -OCH3 is 1. The van der Waals surface area contributed by atoms with Gasteiger partial charge in [-0.1, -0.05) is 59.2 Å². The monoisotopic (exact) mass is 456 g/mol. The Labute approximate surface area is 198 Å². The molecule has 1 aromatic carbocycles. The zero-order valence-corrected chi connectivity index (χ0v) is 21.5. The molecule has 0 bridgehead atoms. The molecule has 0 spiro atoms. The second-order valence-electron chi connectivity index (χ2n) is 10.9. The van der Waals surface area contributed by atoms with Crippen LogP contribution in [0.3, 0.4) is 0 Å². The smallest absolute Gasteiger partial charge is 0.245 e. The molecule has 0 saturated carbocycles. The minimum Gasteiger partial charge on any atom is -0.385 e. The fraction of sp³-hybridized carbons (Fsp3) is 0.577. The zero-order chi connectivity index (χ0) is 24.8. The number of ether oxygens (including phenoxy) is 1. The fourth-order valence-electron chi connectivity index (χ4n) is 3.33. The molecule has 2 rings (SSSR count). The third-order valence-corrected chi connectivity index (χ3v) is 5.17. The van der Waals surface area contributed by atoms with Crippen LogP contribution in [0.15, 0.2) is 30.3 Å². The molecule has 0 atom stereocenters. The van der Waals surface area contributed by atoms with E-state index in [9.17, 15) is 9.59 Å². The SMILES string of the molecule is COCCCN(CC(=O)Nc1cc(C(C)(C)C)nn1-c1ccc(C)cc1)C(=O)CC(C)(C)C. The number of rotatable bonds is 9. The molecule has 0 aliphatic rings. The number of hydrogen-bond donors (Lipinski definition) is 1. The molecule has 182 valence electrons. The third kappa shape index (κ3) is 8.31. The van der Waals surface area contributed by atoms with Gasteiger partial charge in [0.1, 0.15) is 5.82 Å². The summed E-state index contributed by atoms with van der Waals surface area (Å²) in [6.45, 7) is 15.4. The molecular formula is C26H40N4O3. The maximum atomic E-state index is 13.0. The van der Waals surface area contributed by atoms with Crippen molar-refractivity contribution < 1.29 is 14.3 Å². The normalized spacial score (nSPS) is 12.0. The van der Waals surface area contributed by atoms with Gasteiger partial charge < -0.3 is 15.0 Å². The van der Waals surface area contributed by atoms with Crippen LogP contribution in [0.1, 0.15) is 65.6 Å². The number of hydrogen-bond acceptors (Lipinski definition) is 4. The van der Waals surface area contributed by atoms with Crippen molar-refractivity contribution in [2.24, 2.45) is 5.41 Å². The Bertz CT molecular complexity index is 934. The Kier molecular flexibility index (Phi) is 8.83. The number of nitrogens with zero attached hydrogens (tertiary/aromatic N) is 3. The molecule has 0 aliphatic carbocycles. The molecular weight excluding hydrogens is 416 g/mol. The Hall–Kier alpha value is -2.67. The number of aryl methyl sites for hydroxylation is 1. The summed E-state index contributed by atoms with van der Waals surface area (Å²) in [5, 5.41) is 7.75. The number of nitrogens with one attached hydrogen (secondary N) is 1. The lowest BCUT2D eigenvalue weighted by Gasteiger charge is -2.26. The van der Waals surface area contributed by atoms with E-state index in [0.717, 1.165) is 16.9 Å². The van der Waals surface area contributed by atoms with Crippen LogP contribution in [0.4, 0.5) is 5.82 Å². The first-order valence-corrected chi connectivity index (χ1v) is 11.5. The van der Waals surface area contributed by atoms with Crippen molar-refractivity contribution in [3.8, 4) is 5.69 Å². The van der Waals surface area contributed by atoms with Crippen LogP contribution in [-0.2, 0) is 19.7 Å². The standard InChI is InChI=1S/C26H40N4O3/c1-19-10-12-20(13-11-19)30-22(16-21(28-30)26(5,6)7)27-23(31)18-29(14-9-15-33-8)24(32)17-25(2,3)4/h10-13,16H,9,14-15,17-18H2,1-8H3,(H,27,31). The van der Waals surface area contributed by atoms with Crippen LogP contribution >= 0.6 is 0 Å². The van der Waals surface area contributed by atoms with Gasteiger partial charge in [-0.25, -0.2) is 4.68 Å². The Balaban J connectivity index is 2.25. The van der Waals surface area contributed by atoms with Crippen LogP contribution in [0, 0.1) is 12.3 Å². The van der Waals surface area contributed by atoms with E-state index in [1.165, 1.54) is 0 Å². The highest BCUT2D eigenvalue weighted by atomic mass is 16.5. The first-order chi connectivity index (χ1) is 15.3. The first kappa shape index (κ1) is 26.6. The van der Waals surface area contributed by atoms with Crippen LogP contribution in [0.2, 0.25) is 0 Å². The molecule has 0 aliphatic heterocycles. The van der Waals surface area contributed by atoms with E-state index in [-0.39, 0.29) is 29.2 Å². The summed E-state index contributed by atoms with van der Waals surface area (Å²) >= 11 is 0. The minimum absolute atomic E-state index is 0.0114. The van der Waals surface area contributed by atoms with E-state index in [0.29, 0.717) is 31.8 Å². The molecule has 33 heavy (non-hydrogen) atoms. The molecule has 0 radical (unpaired) electrons. The van der Waals surface area contributed by atoms with Gasteiger partial charge in [-0.15, -0.1) is 0 Å². The van der Waals surface area contributed by atoms with Crippen molar-refractivity contribution in [1.82, 2.24) is 14.7 Å². The lowest BCUT2D eigenvalue weighted by molar-refractivity contribution is -0.136. The zero-order valence-electron chi connectivity index (χ0n) is 21.5.